The van der Waals surface area contributed by atoms with Gasteiger partial charge in [0.2, 0.25) is 5.56 Å². The number of benzene rings is 1. The first-order valence-corrected chi connectivity index (χ1v) is 4.58. The molecule has 3 rings (SSSR count). The number of hydrogen-bond donors (Lipinski definition) is 1. The Bertz CT molecular complexity index is 540. The van der Waals surface area contributed by atoms with E-state index in [0.717, 1.165) is 23.1 Å². The van der Waals surface area contributed by atoms with Gasteiger partial charge in [0, 0.05) is 17.0 Å². The van der Waals surface area contributed by atoms with E-state index in [9.17, 15) is 4.79 Å². The van der Waals surface area contributed by atoms with Crippen LogP contribution in [0.5, 0.6) is 0 Å². The molecule has 3 heteroatoms. The molecule has 14 heavy (non-hydrogen) atoms. The third-order valence-electron chi connectivity index (χ3n) is 2.46. The van der Waals surface area contributed by atoms with E-state index in [4.69, 9.17) is 4.74 Å². The van der Waals surface area contributed by atoms with E-state index in [0.29, 0.717) is 0 Å². The Morgan fingerprint density at radius 3 is 2.93 bits per heavy atom. The van der Waals surface area contributed by atoms with Crippen molar-refractivity contribution in [3.63, 3.8) is 0 Å². The summed E-state index contributed by atoms with van der Waals surface area (Å²) in [6.07, 6.45) is 0.127. The summed E-state index contributed by atoms with van der Waals surface area (Å²) in [5, 5.41) is 1.08. The number of para-hydroxylation sites is 1. The lowest BCUT2D eigenvalue weighted by Gasteiger charge is -2.01. The van der Waals surface area contributed by atoms with Gasteiger partial charge < -0.3 is 9.72 Å². The monoisotopic (exact) mass is 187 g/mol. The maximum Gasteiger partial charge on any atom is 0.248 e. The molecular weight excluding hydrogens is 178 g/mol. The van der Waals surface area contributed by atoms with E-state index in [1.54, 1.807) is 6.07 Å². The predicted octanol–water partition coefficient (Wildman–Crippen LogP) is 1.60. The maximum absolute atomic E-state index is 11.3. The van der Waals surface area contributed by atoms with Crippen LogP contribution >= 0.6 is 0 Å². The molecule has 1 fully saturated rings. The van der Waals surface area contributed by atoms with Crippen LogP contribution in [0.1, 0.15) is 11.7 Å². The molecule has 0 spiro atoms. The largest absolute Gasteiger partial charge is 0.368 e. The minimum atomic E-state index is -0.0609. The van der Waals surface area contributed by atoms with Gasteiger partial charge in [-0.25, -0.2) is 0 Å². The fraction of sp³-hybridized carbons (Fsp3) is 0.182. The van der Waals surface area contributed by atoms with Crippen molar-refractivity contribution in [2.75, 3.05) is 6.61 Å². The number of aromatic nitrogens is 1. The SMILES string of the molecule is O=c1cc(C2CO2)c2ccccc2[nH]1. The molecule has 2 heterocycles. The molecule has 1 aliphatic heterocycles. The summed E-state index contributed by atoms with van der Waals surface area (Å²) >= 11 is 0. The van der Waals surface area contributed by atoms with Crippen LogP contribution in [0.4, 0.5) is 0 Å². The Kier molecular flexibility index (Phi) is 1.49. The number of hydrogen-bond acceptors (Lipinski definition) is 2. The van der Waals surface area contributed by atoms with Gasteiger partial charge in [-0.1, -0.05) is 18.2 Å². The van der Waals surface area contributed by atoms with Crippen LogP contribution < -0.4 is 5.56 Å². The first-order valence-electron chi connectivity index (χ1n) is 4.58. The third-order valence-corrected chi connectivity index (χ3v) is 2.46. The molecule has 1 atom stereocenters. The average molecular weight is 187 g/mol. The fourth-order valence-electron chi connectivity index (χ4n) is 1.73. The number of epoxide rings is 1. The van der Waals surface area contributed by atoms with Crippen LogP contribution in [0.3, 0.4) is 0 Å². The summed E-state index contributed by atoms with van der Waals surface area (Å²) in [5.74, 6) is 0. The van der Waals surface area contributed by atoms with Crippen LogP contribution in [-0.4, -0.2) is 11.6 Å². The molecule has 2 aromatic rings. The first-order chi connectivity index (χ1) is 6.84. The second kappa shape index (κ2) is 2.69. The summed E-state index contributed by atoms with van der Waals surface area (Å²) in [4.78, 5) is 14.1. The molecular formula is C11H9NO2. The first kappa shape index (κ1) is 7.76. The lowest BCUT2D eigenvalue weighted by atomic mass is 10.1. The van der Waals surface area contributed by atoms with E-state index in [1.165, 1.54) is 0 Å². The number of ether oxygens (including phenoxy) is 1. The number of nitrogens with one attached hydrogen (secondary N) is 1. The molecule has 1 aromatic carbocycles. The zero-order chi connectivity index (χ0) is 9.54. The van der Waals surface area contributed by atoms with Crippen LogP contribution in [0.2, 0.25) is 0 Å². The number of rotatable bonds is 1. The molecule has 3 nitrogen and oxygen atoms in total. The van der Waals surface area contributed by atoms with Crippen LogP contribution in [0.25, 0.3) is 10.9 Å². The van der Waals surface area contributed by atoms with Crippen molar-refractivity contribution in [1.82, 2.24) is 4.98 Å². The zero-order valence-corrected chi connectivity index (χ0v) is 7.49. The van der Waals surface area contributed by atoms with Gasteiger partial charge >= 0.3 is 0 Å². The topological polar surface area (TPSA) is 45.4 Å². The van der Waals surface area contributed by atoms with E-state index in [2.05, 4.69) is 4.98 Å². The quantitative estimate of drug-likeness (QED) is 0.689. The minimum absolute atomic E-state index is 0.0609. The van der Waals surface area contributed by atoms with Crippen molar-refractivity contribution in [2.45, 2.75) is 6.10 Å². The highest BCUT2D eigenvalue weighted by Gasteiger charge is 2.26. The molecule has 1 N–H and O–H groups in total. The second-order valence-corrected chi connectivity index (χ2v) is 3.46. The highest BCUT2D eigenvalue weighted by atomic mass is 16.6. The Labute approximate surface area is 80.3 Å². The molecule has 0 bridgehead atoms. The Morgan fingerprint density at radius 1 is 1.36 bits per heavy atom. The van der Waals surface area contributed by atoms with E-state index < -0.39 is 0 Å². The van der Waals surface area contributed by atoms with Gasteiger partial charge in [-0.15, -0.1) is 0 Å². The molecule has 0 aliphatic carbocycles. The van der Waals surface area contributed by atoms with Crippen molar-refractivity contribution in [3.8, 4) is 0 Å². The third kappa shape index (κ3) is 1.14. The molecule has 0 amide bonds. The highest BCUT2D eigenvalue weighted by Crippen LogP contribution is 2.33. The summed E-state index contributed by atoms with van der Waals surface area (Å²) < 4.78 is 5.20. The normalized spacial score (nSPS) is 19.9. The van der Waals surface area contributed by atoms with Crippen molar-refractivity contribution >= 4 is 10.9 Å². The second-order valence-electron chi connectivity index (χ2n) is 3.46. The Hall–Kier alpha value is -1.61. The van der Waals surface area contributed by atoms with Gasteiger partial charge in [0.15, 0.2) is 0 Å². The Morgan fingerprint density at radius 2 is 2.14 bits per heavy atom. The Balaban J connectivity index is 2.40. The van der Waals surface area contributed by atoms with Crippen LogP contribution in [-0.2, 0) is 4.74 Å². The fourth-order valence-corrected chi connectivity index (χ4v) is 1.73. The van der Waals surface area contributed by atoms with Gasteiger partial charge in [-0.3, -0.25) is 4.79 Å². The van der Waals surface area contributed by atoms with Gasteiger partial charge in [0.1, 0.15) is 6.10 Å². The summed E-state index contributed by atoms with van der Waals surface area (Å²) in [5.41, 5.74) is 1.82. The van der Waals surface area contributed by atoms with Crippen molar-refractivity contribution in [2.24, 2.45) is 0 Å². The van der Waals surface area contributed by atoms with Crippen LogP contribution in [0.15, 0.2) is 35.1 Å². The molecule has 70 valence electrons. The van der Waals surface area contributed by atoms with Gasteiger partial charge in [-0.2, -0.15) is 0 Å². The predicted molar refractivity (Wildman–Crippen MR) is 53.3 cm³/mol. The molecule has 1 aliphatic rings. The zero-order valence-electron chi connectivity index (χ0n) is 7.49. The van der Waals surface area contributed by atoms with Crippen LogP contribution in [0, 0.1) is 0 Å². The minimum Gasteiger partial charge on any atom is -0.368 e. The summed E-state index contributed by atoms with van der Waals surface area (Å²) in [6, 6.07) is 9.41. The molecule has 1 aromatic heterocycles. The van der Waals surface area contributed by atoms with Gasteiger partial charge in [-0.05, 0) is 11.6 Å². The molecule has 0 saturated carbocycles. The lowest BCUT2D eigenvalue weighted by molar-refractivity contribution is 0.416. The van der Waals surface area contributed by atoms with Crippen molar-refractivity contribution in [3.05, 3.63) is 46.2 Å². The van der Waals surface area contributed by atoms with E-state index >= 15 is 0 Å². The molecule has 1 saturated heterocycles. The van der Waals surface area contributed by atoms with Gasteiger partial charge in [0.25, 0.3) is 0 Å². The summed E-state index contributed by atoms with van der Waals surface area (Å²) in [6.45, 7) is 0.730. The van der Waals surface area contributed by atoms with E-state index in [-0.39, 0.29) is 11.7 Å². The van der Waals surface area contributed by atoms with E-state index in [1.807, 2.05) is 24.3 Å². The van der Waals surface area contributed by atoms with Crippen molar-refractivity contribution < 1.29 is 4.74 Å². The summed E-state index contributed by atoms with van der Waals surface area (Å²) in [7, 11) is 0. The van der Waals surface area contributed by atoms with Gasteiger partial charge in [0.05, 0.1) is 6.61 Å². The smallest absolute Gasteiger partial charge is 0.248 e. The number of aromatic amines is 1. The van der Waals surface area contributed by atoms with Crippen molar-refractivity contribution in [1.29, 1.82) is 0 Å². The lowest BCUT2D eigenvalue weighted by Crippen LogP contribution is -2.05. The number of H-pyrrole nitrogens is 1. The molecule has 0 radical (unpaired) electrons. The molecule has 1 unspecified atom stereocenters. The standard InChI is InChI=1S/C11H9NO2/c13-11-5-8(10-6-14-10)7-3-1-2-4-9(7)12-11/h1-5,10H,6H2,(H,12,13). The number of pyridine rings is 1. The average Bonchev–Trinajstić information content (AvgIpc) is 2.99. The number of fused-ring (bicyclic) bond motifs is 1. The maximum atomic E-state index is 11.3. The highest BCUT2D eigenvalue weighted by molar-refractivity contribution is 5.82.